The van der Waals surface area contributed by atoms with Crippen molar-refractivity contribution in [3.05, 3.63) is 29.3 Å². The fraction of sp³-hybridized carbons (Fsp3) is 0.333. The molecule has 0 atom stereocenters. The second kappa shape index (κ2) is 5.89. The van der Waals surface area contributed by atoms with Crippen molar-refractivity contribution >= 4 is 11.9 Å². The Hall–Kier alpha value is -2.04. The normalized spacial score (nSPS) is 9.76. The molecule has 1 aromatic carbocycles. The Labute approximate surface area is 99.4 Å². The van der Waals surface area contributed by atoms with Crippen molar-refractivity contribution in [2.75, 3.05) is 13.2 Å². The largest absolute Gasteiger partial charge is 0.483 e. The van der Waals surface area contributed by atoms with E-state index < -0.39 is 5.97 Å². The number of nitrogens with one attached hydrogen (secondary N) is 1. The molecule has 5 heteroatoms. The lowest BCUT2D eigenvalue weighted by Gasteiger charge is -2.09. The zero-order valence-electron chi connectivity index (χ0n) is 9.82. The van der Waals surface area contributed by atoms with E-state index >= 15 is 0 Å². The zero-order chi connectivity index (χ0) is 12.8. The van der Waals surface area contributed by atoms with Crippen LogP contribution < -0.4 is 10.1 Å². The van der Waals surface area contributed by atoms with Gasteiger partial charge in [-0.3, -0.25) is 4.79 Å². The van der Waals surface area contributed by atoms with Gasteiger partial charge in [0.2, 0.25) is 0 Å². The van der Waals surface area contributed by atoms with E-state index in [4.69, 9.17) is 9.84 Å². The van der Waals surface area contributed by atoms with E-state index in [9.17, 15) is 9.59 Å². The van der Waals surface area contributed by atoms with Crippen molar-refractivity contribution in [1.82, 2.24) is 5.32 Å². The number of carboxylic acid groups (broad SMARTS) is 1. The average molecular weight is 237 g/mol. The molecule has 0 aliphatic heterocycles. The second-order valence-electron chi connectivity index (χ2n) is 3.55. The predicted molar refractivity (Wildman–Crippen MR) is 62.3 cm³/mol. The van der Waals surface area contributed by atoms with Crippen molar-refractivity contribution < 1.29 is 19.4 Å². The van der Waals surface area contributed by atoms with E-state index in [-0.39, 0.29) is 23.8 Å². The molecule has 0 fully saturated rings. The number of likely N-dealkylation sites (N-methyl/N-ethyl adjacent to an activating group) is 1. The number of carbonyl (C=O) groups excluding carboxylic acids is 1. The predicted octanol–water partition coefficient (Wildman–Crippen LogP) is 1.21. The molecular weight excluding hydrogens is 222 g/mol. The Kier molecular flexibility index (Phi) is 4.51. The molecule has 0 saturated carbocycles. The second-order valence-corrected chi connectivity index (χ2v) is 3.55. The van der Waals surface area contributed by atoms with E-state index in [1.807, 2.05) is 0 Å². The van der Waals surface area contributed by atoms with Crippen LogP contribution in [0.2, 0.25) is 0 Å². The van der Waals surface area contributed by atoms with Gasteiger partial charge in [0.25, 0.3) is 5.91 Å². The summed E-state index contributed by atoms with van der Waals surface area (Å²) in [6, 6.07) is 4.80. The Morgan fingerprint density at radius 1 is 1.41 bits per heavy atom. The molecule has 17 heavy (non-hydrogen) atoms. The standard InChI is InChI=1S/C12H15NO4/c1-3-13-11(14)7-17-10-5-4-8(2)6-9(10)12(15)16/h4-6H,3,7H2,1-2H3,(H,13,14)(H,15,16). The molecule has 0 heterocycles. The quantitative estimate of drug-likeness (QED) is 0.807. The van der Waals surface area contributed by atoms with Gasteiger partial charge in [0.15, 0.2) is 6.61 Å². The molecule has 0 aliphatic carbocycles. The summed E-state index contributed by atoms with van der Waals surface area (Å²) in [4.78, 5) is 22.1. The molecule has 0 aliphatic rings. The Bertz CT molecular complexity index is 429. The van der Waals surface area contributed by atoms with Crippen LogP contribution in [0.5, 0.6) is 5.75 Å². The monoisotopic (exact) mass is 237 g/mol. The van der Waals surface area contributed by atoms with Crippen LogP contribution in [0.1, 0.15) is 22.8 Å². The molecule has 2 N–H and O–H groups in total. The van der Waals surface area contributed by atoms with E-state index in [2.05, 4.69) is 5.32 Å². The number of rotatable bonds is 5. The maximum atomic E-state index is 11.2. The maximum absolute atomic E-state index is 11.2. The zero-order valence-corrected chi connectivity index (χ0v) is 9.82. The Morgan fingerprint density at radius 2 is 2.12 bits per heavy atom. The van der Waals surface area contributed by atoms with Gasteiger partial charge in [0.1, 0.15) is 11.3 Å². The van der Waals surface area contributed by atoms with Crippen LogP contribution >= 0.6 is 0 Å². The highest BCUT2D eigenvalue weighted by Crippen LogP contribution is 2.19. The molecule has 92 valence electrons. The van der Waals surface area contributed by atoms with Gasteiger partial charge < -0.3 is 15.2 Å². The number of carboxylic acids is 1. The third kappa shape index (κ3) is 3.79. The summed E-state index contributed by atoms with van der Waals surface area (Å²) < 4.78 is 5.17. The first kappa shape index (κ1) is 13.0. The molecule has 0 aromatic heterocycles. The van der Waals surface area contributed by atoms with Gasteiger partial charge in [-0.1, -0.05) is 11.6 Å². The van der Waals surface area contributed by atoms with Crippen molar-refractivity contribution in [3.8, 4) is 5.75 Å². The van der Waals surface area contributed by atoms with Crippen LogP contribution in [0.15, 0.2) is 18.2 Å². The van der Waals surface area contributed by atoms with Crippen LogP contribution in [0.4, 0.5) is 0 Å². The number of carbonyl (C=O) groups is 2. The van der Waals surface area contributed by atoms with E-state index in [1.165, 1.54) is 6.07 Å². The summed E-state index contributed by atoms with van der Waals surface area (Å²) in [6.45, 7) is 3.92. The fourth-order valence-electron chi connectivity index (χ4n) is 1.33. The van der Waals surface area contributed by atoms with Gasteiger partial charge in [-0.15, -0.1) is 0 Å². The molecule has 5 nitrogen and oxygen atoms in total. The minimum atomic E-state index is -1.07. The van der Waals surface area contributed by atoms with Gasteiger partial charge in [-0.25, -0.2) is 4.79 Å². The number of aryl methyl sites for hydroxylation is 1. The number of hydrogen-bond acceptors (Lipinski definition) is 3. The lowest BCUT2D eigenvalue weighted by molar-refractivity contribution is -0.123. The summed E-state index contributed by atoms with van der Waals surface area (Å²) in [5, 5.41) is 11.5. The molecule has 1 rings (SSSR count). The maximum Gasteiger partial charge on any atom is 0.339 e. The lowest BCUT2D eigenvalue weighted by atomic mass is 10.1. The Morgan fingerprint density at radius 3 is 2.71 bits per heavy atom. The SMILES string of the molecule is CCNC(=O)COc1ccc(C)cc1C(=O)O. The first-order valence-corrected chi connectivity index (χ1v) is 5.28. The molecule has 1 aromatic rings. The number of ether oxygens (including phenoxy) is 1. The Balaban J connectivity index is 2.77. The van der Waals surface area contributed by atoms with Crippen LogP contribution in [0, 0.1) is 6.92 Å². The molecule has 1 amide bonds. The number of amides is 1. The van der Waals surface area contributed by atoms with Crippen LogP contribution in [-0.2, 0) is 4.79 Å². The van der Waals surface area contributed by atoms with Gasteiger partial charge in [0.05, 0.1) is 0 Å². The highest BCUT2D eigenvalue weighted by molar-refractivity contribution is 5.91. The number of hydrogen-bond donors (Lipinski definition) is 2. The highest BCUT2D eigenvalue weighted by atomic mass is 16.5. The fourth-order valence-corrected chi connectivity index (χ4v) is 1.33. The van der Waals surface area contributed by atoms with Gasteiger partial charge >= 0.3 is 5.97 Å². The minimum Gasteiger partial charge on any atom is -0.483 e. The number of aromatic carboxylic acids is 1. The van der Waals surface area contributed by atoms with Gasteiger partial charge in [-0.2, -0.15) is 0 Å². The van der Waals surface area contributed by atoms with Crippen molar-refractivity contribution in [2.45, 2.75) is 13.8 Å². The highest BCUT2D eigenvalue weighted by Gasteiger charge is 2.12. The van der Waals surface area contributed by atoms with E-state index in [0.29, 0.717) is 6.54 Å². The van der Waals surface area contributed by atoms with Crippen LogP contribution in [0.25, 0.3) is 0 Å². The first-order valence-electron chi connectivity index (χ1n) is 5.28. The first-order chi connectivity index (χ1) is 8.04. The summed E-state index contributed by atoms with van der Waals surface area (Å²) in [7, 11) is 0. The minimum absolute atomic E-state index is 0.0642. The molecule has 0 bridgehead atoms. The summed E-state index contributed by atoms with van der Waals surface area (Å²) in [5.74, 6) is -1.14. The van der Waals surface area contributed by atoms with Crippen molar-refractivity contribution in [2.24, 2.45) is 0 Å². The molecule has 0 spiro atoms. The summed E-state index contributed by atoms with van der Waals surface area (Å²) in [6.07, 6.45) is 0. The topological polar surface area (TPSA) is 75.6 Å². The lowest BCUT2D eigenvalue weighted by Crippen LogP contribution is -2.28. The van der Waals surface area contributed by atoms with Crippen molar-refractivity contribution in [1.29, 1.82) is 0 Å². The smallest absolute Gasteiger partial charge is 0.339 e. The molecule has 0 saturated heterocycles. The van der Waals surface area contributed by atoms with E-state index in [1.54, 1.807) is 26.0 Å². The summed E-state index contributed by atoms with van der Waals surface area (Å²) in [5.41, 5.74) is 0.891. The van der Waals surface area contributed by atoms with E-state index in [0.717, 1.165) is 5.56 Å². The third-order valence-corrected chi connectivity index (χ3v) is 2.10. The van der Waals surface area contributed by atoms with Gasteiger partial charge in [0, 0.05) is 6.54 Å². The molecule has 0 unspecified atom stereocenters. The molecule has 0 radical (unpaired) electrons. The van der Waals surface area contributed by atoms with Crippen LogP contribution in [0.3, 0.4) is 0 Å². The van der Waals surface area contributed by atoms with Crippen LogP contribution in [-0.4, -0.2) is 30.1 Å². The van der Waals surface area contributed by atoms with Gasteiger partial charge in [-0.05, 0) is 26.0 Å². The number of benzene rings is 1. The summed E-state index contributed by atoms with van der Waals surface area (Å²) >= 11 is 0. The third-order valence-electron chi connectivity index (χ3n) is 2.10. The molecular formula is C12H15NO4. The average Bonchev–Trinajstić information content (AvgIpc) is 2.27. The van der Waals surface area contributed by atoms with Crippen molar-refractivity contribution in [3.63, 3.8) is 0 Å².